The minimum Gasteiger partial charge on any atom is -0.404 e. The molecule has 1 aromatic heterocycles. The minimum atomic E-state index is -0.371. The van der Waals surface area contributed by atoms with Gasteiger partial charge < -0.3 is 10.2 Å². The van der Waals surface area contributed by atoms with E-state index in [-0.39, 0.29) is 17.9 Å². The van der Waals surface area contributed by atoms with E-state index >= 15 is 0 Å². The summed E-state index contributed by atoms with van der Waals surface area (Å²) >= 11 is 1.59. The first-order chi connectivity index (χ1) is 9.11. The third-order valence-electron chi connectivity index (χ3n) is 3.58. The van der Waals surface area contributed by atoms with E-state index < -0.39 is 0 Å². The first-order valence-corrected chi connectivity index (χ1v) is 7.03. The van der Waals surface area contributed by atoms with Crippen LogP contribution in [0.2, 0.25) is 0 Å². The molecule has 2 aliphatic rings. The second kappa shape index (κ2) is 4.50. The van der Waals surface area contributed by atoms with Crippen molar-refractivity contribution in [3.63, 3.8) is 0 Å². The molecule has 1 aromatic rings. The fourth-order valence-corrected chi connectivity index (χ4v) is 3.29. The molecule has 0 spiro atoms. The molecule has 1 fully saturated rings. The summed E-state index contributed by atoms with van der Waals surface area (Å²) in [4.78, 5) is 30.5. The Bertz CT molecular complexity index is 542. The Morgan fingerprint density at radius 1 is 1.47 bits per heavy atom. The van der Waals surface area contributed by atoms with Crippen molar-refractivity contribution in [3.05, 3.63) is 10.9 Å². The first kappa shape index (κ1) is 12.4. The van der Waals surface area contributed by atoms with Gasteiger partial charge in [0, 0.05) is 31.5 Å². The Hall–Kier alpha value is -1.60. The van der Waals surface area contributed by atoms with Gasteiger partial charge in [-0.3, -0.25) is 14.5 Å². The summed E-state index contributed by atoms with van der Waals surface area (Å²) in [6.07, 6.45) is 0.906. The average molecular weight is 281 g/mol. The van der Waals surface area contributed by atoms with E-state index in [2.05, 4.69) is 5.32 Å². The number of fused-ring (bicyclic) bond motifs is 1. The molecule has 0 radical (unpaired) electrons. The van der Waals surface area contributed by atoms with Crippen LogP contribution in [0.5, 0.6) is 5.75 Å². The lowest BCUT2D eigenvalue weighted by atomic mass is 10.0. The molecular formula is C12H15N3O3S. The van der Waals surface area contributed by atoms with E-state index in [0.717, 1.165) is 16.3 Å². The van der Waals surface area contributed by atoms with Crippen molar-refractivity contribution in [2.45, 2.75) is 25.4 Å². The number of likely N-dealkylation sites (N-methyl/N-ethyl adjacent to an activating group) is 1. The third kappa shape index (κ3) is 1.89. The number of hydrogen-bond donors (Lipinski definition) is 1. The summed E-state index contributed by atoms with van der Waals surface area (Å²) in [5, 5.41) is 7.80. The maximum Gasteiger partial charge on any atom is 0.249 e. The molecule has 102 valence electrons. The molecule has 0 aromatic carbocycles. The quantitative estimate of drug-likeness (QED) is 0.821. The van der Waals surface area contributed by atoms with Gasteiger partial charge in [-0.2, -0.15) is 0 Å². The predicted molar refractivity (Wildman–Crippen MR) is 70.8 cm³/mol. The number of rotatable bonds is 2. The van der Waals surface area contributed by atoms with Crippen LogP contribution >= 0.6 is 11.3 Å². The SMILES string of the molecule is CNc1scc2c1CN(C1CCC(=O)N(C)C1=O)O2. The lowest BCUT2D eigenvalue weighted by molar-refractivity contribution is -0.163. The summed E-state index contributed by atoms with van der Waals surface area (Å²) in [5.74, 6) is 0.503. The first-order valence-electron chi connectivity index (χ1n) is 6.15. The summed E-state index contributed by atoms with van der Waals surface area (Å²) < 4.78 is 0. The zero-order chi connectivity index (χ0) is 13.6. The molecule has 3 rings (SSSR count). The maximum atomic E-state index is 12.1. The Morgan fingerprint density at radius 2 is 2.26 bits per heavy atom. The van der Waals surface area contributed by atoms with Crippen LogP contribution in [0.1, 0.15) is 18.4 Å². The molecule has 0 bridgehead atoms. The summed E-state index contributed by atoms with van der Waals surface area (Å²) in [5.41, 5.74) is 1.08. The van der Waals surface area contributed by atoms with Crippen molar-refractivity contribution < 1.29 is 14.4 Å². The second-order valence-electron chi connectivity index (χ2n) is 4.67. The van der Waals surface area contributed by atoms with Crippen molar-refractivity contribution in [2.75, 3.05) is 19.4 Å². The highest BCUT2D eigenvalue weighted by atomic mass is 32.1. The highest BCUT2D eigenvalue weighted by Crippen LogP contribution is 2.41. The van der Waals surface area contributed by atoms with Gasteiger partial charge >= 0.3 is 0 Å². The zero-order valence-corrected chi connectivity index (χ0v) is 11.6. The maximum absolute atomic E-state index is 12.1. The molecule has 0 aliphatic carbocycles. The van der Waals surface area contributed by atoms with Crippen LogP contribution in [0.25, 0.3) is 0 Å². The molecular weight excluding hydrogens is 266 g/mol. The van der Waals surface area contributed by atoms with E-state index in [4.69, 9.17) is 4.84 Å². The van der Waals surface area contributed by atoms with Gasteiger partial charge in [0.2, 0.25) is 11.8 Å². The van der Waals surface area contributed by atoms with Gasteiger partial charge in [0.25, 0.3) is 0 Å². The van der Waals surface area contributed by atoms with Gasteiger partial charge in [-0.1, -0.05) is 0 Å². The Kier molecular flexibility index (Phi) is 2.94. The van der Waals surface area contributed by atoms with E-state index in [1.807, 2.05) is 12.4 Å². The number of nitrogens with one attached hydrogen (secondary N) is 1. The number of carbonyl (C=O) groups is 2. The molecule has 2 aliphatic heterocycles. The van der Waals surface area contributed by atoms with Crippen LogP contribution in [-0.2, 0) is 16.1 Å². The topological polar surface area (TPSA) is 61.9 Å². The van der Waals surface area contributed by atoms with Gasteiger partial charge in [-0.15, -0.1) is 16.4 Å². The second-order valence-corrected chi connectivity index (χ2v) is 5.55. The summed E-state index contributed by atoms with van der Waals surface area (Å²) in [6, 6.07) is -0.371. The summed E-state index contributed by atoms with van der Waals surface area (Å²) in [7, 11) is 3.40. The van der Waals surface area contributed by atoms with Crippen molar-refractivity contribution in [1.29, 1.82) is 0 Å². The molecule has 6 nitrogen and oxygen atoms in total. The number of hydrogen-bond acceptors (Lipinski definition) is 6. The lowest BCUT2D eigenvalue weighted by Crippen LogP contribution is -2.52. The number of likely N-dealkylation sites (tertiary alicyclic amines) is 1. The van der Waals surface area contributed by atoms with Gasteiger partial charge in [-0.25, -0.2) is 0 Å². The molecule has 1 atom stereocenters. The summed E-state index contributed by atoms with van der Waals surface area (Å²) in [6.45, 7) is 0.577. The van der Waals surface area contributed by atoms with Crippen molar-refractivity contribution in [2.24, 2.45) is 0 Å². The highest BCUT2D eigenvalue weighted by Gasteiger charge is 2.40. The molecule has 1 unspecified atom stereocenters. The van der Waals surface area contributed by atoms with Crippen LogP contribution in [0.15, 0.2) is 5.38 Å². The molecule has 3 heterocycles. The third-order valence-corrected chi connectivity index (χ3v) is 4.60. The molecule has 2 amide bonds. The molecule has 7 heteroatoms. The van der Waals surface area contributed by atoms with Crippen LogP contribution in [0, 0.1) is 0 Å². The van der Waals surface area contributed by atoms with Crippen molar-refractivity contribution in [1.82, 2.24) is 9.96 Å². The van der Waals surface area contributed by atoms with E-state index in [0.29, 0.717) is 19.4 Å². The number of imide groups is 1. The number of thiophene rings is 1. The smallest absolute Gasteiger partial charge is 0.249 e. The van der Waals surface area contributed by atoms with Gasteiger partial charge in [0.1, 0.15) is 6.04 Å². The van der Waals surface area contributed by atoms with E-state index in [1.165, 1.54) is 11.9 Å². The number of carbonyl (C=O) groups excluding carboxylic acids is 2. The number of amides is 2. The van der Waals surface area contributed by atoms with E-state index in [9.17, 15) is 9.59 Å². The van der Waals surface area contributed by atoms with Gasteiger partial charge in [-0.05, 0) is 6.42 Å². The number of anilines is 1. The highest BCUT2D eigenvalue weighted by molar-refractivity contribution is 7.14. The van der Waals surface area contributed by atoms with Gasteiger partial charge in [0.05, 0.1) is 11.5 Å². The van der Waals surface area contributed by atoms with Crippen LogP contribution < -0.4 is 10.2 Å². The lowest BCUT2D eigenvalue weighted by Gasteiger charge is -2.32. The monoisotopic (exact) mass is 281 g/mol. The standard InChI is InChI=1S/C12H15N3O3S/c1-13-11-7-5-15(18-9(7)6-19-11)8-3-4-10(16)14(2)12(8)17/h6,8,13H,3-5H2,1-2H3. The Labute approximate surface area is 114 Å². The molecule has 1 saturated heterocycles. The number of piperidine rings is 1. The predicted octanol–water partition coefficient (Wildman–Crippen LogP) is 1.05. The van der Waals surface area contributed by atoms with Crippen LogP contribution in [-0.4, -0.2) is 41.9 Å². The van der Waals surface area contributed by atoms with Gasteiger partial charge in [0.15, 0.2) is 5.75 Å². The van der Waals surface area contributed by atoms with Crippen molar-refractivity contribution in [3.8, 4) is 5.75 Å². The molecule has 1 N–H and O–H groups in total. The molecule has 0 saturated carbocycles. The fourth-order valence-electron chi connectivity index (χ4n) is 2.46. The Balaban J connectivity index is 1.77. The van der Waals surface area contributed by atoms with E-state index in [1.54, 1.807) is 16.4 Å². The van der Waals surface area contributed by atoms with Crippen molar-refractivity contribution >= 4 is 28.2 Å². The normalized spacial score (nSPS) is 23.5. The number of nitrogens with zero attached hydrogens (tertiary/aromatic N) is 2. The number of hydroxylamine groups is 2. The van der Waals surface area contributed by atoms with Crippen LogP contribution in [0.3, 0.4) is 0 Å². The zero-order valence-electron chi connectivity index (χ0n) is 10.8. The average Bonchev–Trinajstić information content (AvgIpc) is 2.95. The largest absolute Gasteiger partial charge is 0.404 e. The fraction of sp³-hybridized carbons (Fsp3) is 0.500. The molecule has 19 heavy (non-hydrogen) atoms. The minimum absolute atomic E-state index is 0.120. The van der Waals surface area contributed by atoms with Crippen LogP contribution in [0.4, 0.5) is 5.00 Å². The Morgan fingerprint density at radius 3 is 3.00 bits per heavy atom.